The second-order valence-corrected chi connectivity index (χ2v) is 7.94. The second-order valence-electron chi connectivity index (χ2n) is 7.94. The summed E-state index contributed by atoms with van der Waals surface area (Å²) >= 11 is 0. The van der Waals surface area contributed by atoms with Crippen LogP contribution in [0.4, 0.5) is 0 Å². The molecular weight excluding hydrogens is 376 g/mol. The van der Waals surface area contributed by atoms with Gasteiger partial charge in [0.1, 0.15) is 5.76 Å². The van der Waals surface area contributed by atoms with Crippen LogP contribution in [0.15, 0.2) is 53.3 Å². The van der Waals surface area contributed by atoms with Crippen molar-refractivity contribution in [3.05, 3.63) is 71.4 Å². The summed E-state index contributed by atoms with van der Waals surface area (Å²) in [6.07, 6.45) is 7.75. The molecule has 0 unspecified atom stereocenters. The summed E-state index contributed by atoms with van der Waals surface area (Å²) in [6, 6.07) is 12.2. The van der Waals surface area contributed by atoms with Crippen molar-refractivity contribution in [1.82, 2.24) is 20.0 Å². The van der Waals surface area contributed by atoms with E-state index in [1.165, 1.54) is 24.8 Å². The van der Waals surface area contributed by atoms with E-state index < -0.39 is 0 Å². The van der Waals surface area contributed by atoms with Gasteiger partial charge in [0.15, 0.2) is 0 Å². The number of aryl methyl sites for hydroxylation is 1. The summed E-state index contributed by atoms with van der Waals surface area (Å²) in [4.78, 5) is 15.5. The molecule has 3 heterocycles. The summed E-state index contributed by atoms with van der Waals surface area (Å²) in [5.74, 6) is 0.821. The number of carbonyl (C=O) groups excluding carboxylic acids is 1. The number of hydrogen-bond acceptors (Lipinski definition) is 4. The van der Waals surface area contributed by atoms with Crippen LogP contribution in [0, 0.1) is 6.92 Å². The molecule has 0 bridgehead atoms. The maximum Gasteiger partial charge on any atom is 0.254 e. The first-order valence-corrected chi connectivity index (χ1v) is 10.9. The van der Waals surface area contributed by atoms with Gasteiger partial charge in [-0.2, -0.15) is 5.10 Å². The van der Waals surface area contributed by atoms with E-state index in [4.69, 9.17) is 4.42 Å². The van der Waals surface area contributed by atoms with E-state index in [1.54, 1.807) is 12.5 Å². The molecule has 0 radical (unpaired) electrons. The van der Waals surface area contributed by atoms with E-state index in [9.17, 15) is 4.79 Å². The minimum atomic E-state index is -0.0845. The Morgan fingerprint density at radius 1 is 1.17 bits per heavy atom. The molecule has 1 aliphatic heterocycles. The van der Waals surface area contributed by atoms with Crippen molar-refractivity contribution in [2.45, 2.75) is 45.6 Å². The first kappa shape index (κ1) is 20.4. The highest BCUT2D eigenvalue weighted by Gasteiger charge is 2.26. The average Bonchev–Trinajstić information content (AvgIpc) is 3.45. The van der Waals surface area contributed by atoms with Crippen molar-refractivity contribution in [1.29, 1.82) is 0 Å². The van der Waals surface area contributed by atoms with Crippen LogP contribution in [-0.4, -0.2) is 40.2 Å². The van der Waals surface area contributed by atoms with Gasteiger partial charge in [-0.15, -0.1) is 0 Å². The average molecular weight is 407 g/mol. The lowest BCUT2D eigenvalue weighted by molar-refractivity contribution is 0.0913. The first-order chi connectivity index (χ1) is 14.7. The molecule has 0 aliphatic carbocycles. The fraction of sp³-hybridized carbons (Fsp3) is 0.417. The molecule has 6 heteroatoms. The molecule has 30 heavy (non-hydrogen) atoms. The molecule has 1 saturated heterocycles. The highest BCUT2D eigenvalue weighted by Crippen LogP contribution is 2.25. The zero-order valence-corrected chi connectivity index (χ0v) is 17.8. The van der Waals surface area contributed by atoms with Crippen molar-refractivity contribution in [2.75, 3.05) is 19.6 Å². The Morgan fingerprint density at radius 2 is 1.93 bits per heavy atom. The molecule has 1 atom stereocenters. The van der Waals surface area contributed by atoms with Crippen molar-refractivity contribution >= 4 is 5.91 Å². The first-order valence-electron chi connectivity index (χ1n) is 10.9. The number of benzene rings is 1. The van der Waals surface area contributed by atoms with Crippen LogP contribution in [0.25, 0.3) is 5.69 Å². The van der Waals surface area contributed by atoms with Crippen molar-refractivity contribution in [3.8, 4) is 5.69 Å². The lowest BCUT2D eigenvalue weighted by atomic mass is 10.1. The van der Waals surface area contributed by atoms with Gasteiger partial charge in [0, 0.05) is 6.54 Å². The molecule has 1 amide bonds. The zero-order chi connectivity index (χ0) is 20.9. The Hall–Kier alpha value is -2.86. The molecule has 0 spiro atoms. The lowest BCUT2D eigenvalue weighted by Gasteiger charge is -2.33. The van der Waals surface area contributed by atoms with E-state index >= 15 is 0 Å². The summed E-state index contributed by atoms with van der Waals surface area (Å²) < 4.78 is 7.56. The van der Waals surface area contributed by atoms with E-state index in [-0.39, 0.29) is 11.9 Å². The van der Waals surface area contributed by atoms with Gasteiger partial charge in [-0.05, 0) is 63.5 Å². The molecule has 158 valence electrons. The maximum atomic E-state index is 13.1. The third-order valence-corrected chi connectivity index (χ3v) is 5.89. The Kier molecular flexibility index (Phi) is 6.33. The summed E-state index contributed by atoms with van der Waals surface area (Å²) in [5, 5.41) is 7.64. The highest BCUT2D eigenvalue weighted by molar-refractivity contribution is 5.95. The van der Waals surface area contributed by atoms with Crippen LogP contribution in [0.2, 0.25) is 0 Å². The Bertz CT molecular complexity index is 954. The molecule has 1 aliphatic rings. The summed E-state index contributed by atoms with van der Waals surface area (Å²) in [6.45, 7) is 6.70. The van der Waals surface area contributed by atoms with Crippen LogP contribution < -0.4 is 5.32 Å². The molecule has 3 aromatic rings. The monoisotopic (exact) mass is 406 g/mol. The fourth-order valence-corrected chi connectivity index (χ4v) is 4.22. The minimum absolute atomic E-state index is 0.0569. The SMILES string of the molecule is CCc1c(C(=O)NC[C@@H](c2ccco2)N2CCCCC2)cnn1-c1ccc(C)cc1. The van der Waals surface area contributed by atoms with Gasteiger partial charge in [0.05, 0.1) is 35.4 Å². The van der Waals surface area contributed by atoms with Crippen LogP contribution in [-0.2, 0) is 6.42 Å². The number of hydrogen-bond donors (Lipinski definition) is 1. The van der Waals surface area contributed by atoms with Crippen LogP contribution >= 0.6 is 0 Å². The second kappa shape index (κ2) is 9.30. The quantitative estimate of drug-likeness (QED) is 0.636. The number of rotatable bonds is 7. The molecule has 0 saturated carbocycles. The number of furan rings is 1. The van der Waals surface area contributed by atoms with Gasteiger partial charge in [-0.1, -0.05) is 31.0 Å². The van der Waals surface area contributed by atoms with Crippen LogP contribution in [0.5, 0.6) is 0 Å². The number of nitrogens with zero attached hydrogens (tertiary/aromatic N) is 3. The van der Waals surface area contributed by atoms with Gasteiger partial charge >= 0.3 is 0 Å². The zero-order valence-electron chi connectivity index (χ0n) is 17.8. The van der Waals surface area contributed by atoms with Gasteiger partial charge in [-0.25, -0.2) is 4.68 Å². The van der Waals surface area contributed by atoms with Gasteiger partial charge in [0.2, 0.25) is 0 Å². The van der Waals surface area contributed by atoms with Gasteiger partial charge < -0.3 is 9.73 Å². The molecule has 1 aromatic carbocycles. The minimum Gasteiger partial charge on any atom is -0.468 e. The summed E-state index contributed by atoms with van der Waals surface area (Å²) in [5.41, 5.74) is 3.72. The Labute approximate surface area is 177 Å². The molecule has 6 nitrogen and oxygen atoms in total. The van der Waals surface area contributed by atoms with Gasteiger partial charge in [0.25, 0.3) is 5.91 Å². The molecule has 1 fully saturated rings. The third-order valence-electron chi connectivity index (χ3n) is 5.89. The number of nitrogens with one attached hydrogen (secondary N) is 1. The molecular formula is C24H30N4O2. The van der Waals surface area contributed by atoms with Crippen molar-refractivity contribution in [3.63, 3.8) is 0 Å². The van der Waals surface area contributed by atoms with Crippen molar-refractivity contribution in [2.24, 2.45) is 0 Å². The summed E-state index contributed by atoms with van der Waals surface area (Å²) in [7, 11) is 0. The van der Waals surface area contributed by atoms with E-state index in [0.717, 1.165) is 36.7 Å². The van der Waals surface area contributed by atoms with Crippen LogP contribution in [0.1, 0.15) is 59.6 Å². The molecule has 4 rings (SSSR count). The van der Waals surface area contributed by atoms with Crippen molar-refractivity contribution < 1.29 is 9.21 Å². The lowest BCUT2D eigenvalue weighted by Crippen LogP contribution is -2.40. The number of piperidine rings is 1. The highest BCUT2D eigenvalue weighted by atomic mass is 16.3. The van der Waals surface area contributed by atoms with Gasteiger partial charge in [-0.3, -0.25) is 9.69 Å². The van der Waals surface area contributed by atoms with E-state index in [2.05, 4.69) is 41.3 Å². The standard InChI is InChI=1S/C24H30N4O2/c1-3-21-20(16-26-28(21)19-11-9-18(2)10-12-19)24(29)25-17-22(23-8-7-15-30-23)27-13-5-4-6-14-27/h7-12,15-16,22H,3-6,13-14,17H2,1-2H3,(H,25,29)/t22-/m0/s1. The topological polar surface area (TPSA) is 63.3 Å². The fourth-order valence-electron chi connectivity index (χ4n) is 4.22. The number of likely N-dealkylation sites (tertiary alicyclic amines) is 1. The molecule has 1 N–H and O–H groups in total. The molecule has 2 aromatic heterocycles. The van der Waals surface area contributed by atoms with Crippen LogP contribution in [0.3, 0.4) is 0 Å². The number of carbonyl (C=O) groups is 1. The number of amides is 1. The Morgan fingerprint density at radius 3 is 2.60 bits per heavy atom. The smallest absolute Gasteiger partial charge is 0.254 e. The van der Waals surface area contributed by atoms with E-state index in [0.29, 0.717) is 12.1 Å². The van der Waals surface area contributed by atoms with E-state index in [1.807, 2.05) is 28.9 Å². The normalized spacial score (nSPS) is 15.8. The predicted octanol–water partition coefficient (Wildman–Crippen LogP) is 4.29. The number of aromatic nitrogens is 2. The largest absolute Gasteiger partial charge is 0.468 e. The predicted molar refractivity (Wildman–Crippen MR) is 117 cm³/mol. The maximum absolute atomic E-state index is 13.1. The third kappa shape index (κ3) is 4.33. The Balaban J connectivity index is 1.51.